The molecule has 1 N–H and O–H groups in total. The summed E-state index contributed by atoms with van der Waals surface area (Å²) in [6.07, 6.45) is 5.29. The van der Waals surface area contributed by atoms with Crippen LogP contribution < -0.4 is 10.3 Å². The molecule has 2 fully saturated rings. The average Bonchev–Trinajstić information content (AvgIpc) is 3.57. The van der Waals surface area contributed by atoms with Gasteiger partial charge in [0.2, 0.25) is 0 Å². The van der Waals surface area contributed by atoms with Crippen LogP contribution in [-0.2, 0) is 0 Å². The first kappa shape index (κ1) is 20.1. The third-order valence-electron chi connectivity index (χ3n) is 8.03. The molecule has 0 spiro atoms. The van der Waals surface area contributed by atoms with Crippen molar-refractivity contribution < 1.29 is 0 Å². The summed E-state index contributed by atoms with van der Waals surface area (Å²) >= 11 is 0. The highest BCUT2D eigenvalue weighted by molar-refractivity contribution is 5.86. The van der Waals surface area contributed by atoms with E-state index < -0.39 is 0 Å². The lowest BCUT2D eigenvalue weighted by atomic mass is 9.93. The predicted octanol–water partition coefficient (Wildman–Crippen LogP) is 5.41. The molecule has 172 valence electrons. The lowest BCUT2D eigenvalue weighted by molar-refractivity contribution is 0.208. The second-order valence-corrected chi connectivity index (χ2v) is 9.97. The van der Waals surface area contributed by atoms with Crippen molar-refractivity contribution in [3.8, 4) is 11.4 Å². The largest absolute Gasteiger partial charge is 0.371 e. The summed E-state index contributed by atoms with van der Waals surface area (Å²) in [5.41, 5.74) is 11.1. The summed E-state index contributed by atoms with van der Waals surface area (Å²) in [6.45, 7) is 4.87. The minimum absolute atomic E-state index is 0.0992. The Morgan fingerprint density at radius 3 is 2.38 bits per heavy atom. The Morgan fingerprint density at radius 2 is 1.56 bits per heavy atom. The van der Waals surface area contributed by atoms with E-state index in [-0.39, 0.29) is 6.04 Å². The number of nitrogens with one attached hydrogen (secondary N) is 1. The summed E-state index contributed by atoms with van der Waals surface area (Å²) in [4.78, 5) is 10.3. The number of aromatic nitrogens is 2. The number of benzene rings is 3. The second kappa shape index (κ2) is 8.17. The van der Waals surface area contributed by atoms with Gasteiger partial charge in [0.1, 0.15) is 0 Å². The Balaban J connectivity index is 1.23. The fourth-order valence-electron chi connectivity index (χ4n) is 6.22. The third-order valence-corrected chi connectivity index (χ3v) is 8.03. The van der Waals surface area contributed by atoms with Gasteiger partial charge in [-0.2, -0.15) is 0 Å². The topological polar surface area (TPSA) is 36.3 Å². The molecule has 3 aliphatic rings. The van der Waals surface area contributed by atoms with Gasteiger partial charge in [-0.3, -0.25) is 0 Å². The quantitative estimate of drug-likeness (QED) is 0.453. The lowest BCUT2D eigenvalue weighted by Crippen LogP contribution is -2.43. The Bertz CT molecular complexity index is 1310. The molecule has 1 atom stereocenters. The Hall–Kier alpha value is -3.31. The standard InChI is InChI=1S/C29H31N5/c1-2-8-21(9-3-1)28-24-10-4-5-11-25(24)29-30-26-13-12-23(20-27(26)34(29)31-28)33-18-14-22(15-19-33)32-16-6-7-17-32/h1-5,8-13,20,22,28,31H,6-7,14-19H2/t28-/m0/s1. The van der Waals surface area contributed by atoms with E-state index in [4.69, 9.17) is 4.98 Å². The highest BCUT2D eigenvalue weighted by Gasteiger charge is 2.29. The Labute approximate surface area is 201 Å². The monoisotopic (exact) mass is 449 g/mol. The Morgan fingerprint density at radius 1 is 0.794 bits per heavy atom. The van der Waals surface area contributed by atoms with Crippen molar-refractivity contribution in [1.82, 2.24) is 14.6 Å². The lowest BCUT2D eigenvalue weighted by Gasteiger charge is -2.37. The van der Waals surface area contributed by atoms with Gasteiger partial charge in [0.05, 0.1) is 17.1 Å². The summed E-state index contributed by atoms with van der Waals surface area (Å²) in [6, 6.07) is 27.1. The van der Waals surface area contributed by atoms with Crippen LogP contribution in [0.5, 0.6) is 0 Å². The van der Waals surface area contributed by atoms with E-state index in [1.165, 1.54) is 61.2 Å². The smallest absolute Gasteiger partial charge is 0.159 e. The van der Waals surface area contributed by atoms with Crippen LogP contribution in [0.15, 0.2) is 72.8 Å². The zero-order valence-corrected chi connectivity index (χ0v) is 19.5. The number of fused-ring (bicyclic) bond motifs is 5. The van der Waals surface area contributed by atoms with Crippen molar-refractivity contribution in [3.05, 3.63) is 83.9 Å². The van der Waals surface area contributed by atoms with Gasteiger partial charge in [-0.15, -0.1) is 0 Å². The number of imidazole rings is 1. The third kappa shape index (κ3) is 3.30. The number of nitrogens with zero attached hydrogens (tertiary/aromatic N) is 4. The van der Waals surface area contributed by atoms with Gasteiger partial charge in [-0.1, -0.05) is 54.6 Å². The molecule has 2 saturated heterocycles. The molecule has 7 rings (SSSR count). The van der Waals surface area contributed by atoms with Gasteiger partial charge in [-0.05, 0) is 68.1 Å². The van der Waals surface area contributed by atoms with E-state index in [0.717, 1.165) is 36.0 Å². The normalized spacial score (nSPS) is 20.8. The van der Waals surface area contributed by atoms with Crippen LogP contribution >= 0.6 is 0 Å². The van der Waals surface area contributed by atoms with E-state index in [1.807, 2.05) is 0 Å². The highest BCUT2D eigenvalue weighted by Crippen LogP contribution is 2.39. The average molecular weight is 450 g/mol. The highest BCUT2D eigenvalue weighted by atomic mass is 15.5. The van der Waals surface area contributed by atoms with Gasteiger partial charge in [0.15, 0.2) is 5.82 Å². The van der Waals surface area contributed by atoms with E-state index in [1.54, 1.807) is 0 Å². The second-order valence-electron chi connectivity index (χ2n) is 9.97. The minimum atomic E-state index is 0.0992. The van der Waals surface area contributed by atoms with Crippen molar-refractivity contribution in [2.45, 2.75) is 37.8 Å². The number of hydrogen-bond donors (Lipinski definition) is 1. The van der Waals surface area contributed by atoms with Crippen LogP contribution in [0.3, 0.4) is 0 Å². The van der Waals surface area contributed by atoms with Crippen LogP contribution in [0.4, 0.5) is 5.69 Å². The molecule has 3 aromatic carbocycles. The number of hydrogen-bond acceptors (Lipinski definition) is 4. The van der Waals surface area contributed by atoms with Crippen molar-refractivity contribution in [1.29, 1.82) is 0 Å². The molecule has 0 bridgehead atoms. The van der Waals surface area contributed by atoms with Crippen molar-refractivity contribution >= 4 is 16.7 Å². The molecule has 34 heavy (non-hydrogen) atoms. The fraction of sp³-hybridized carbons (Fsp3) is 0.345. The molecule has 0 aliphatic carbocycles. The molecule has 0 radical (unpaired) electrons. The van der Waals surface area contributed by atoms with E-state index in [9.17, 15) is 0 Å². The molecule has 4 heterocycles. The minimum Gasteiger partial charge on any atom is -0.371 e. The maximum Gasteiger partial charge on any atom is 0.159 e. The van der Waals surface area contributed by atoms with Crippen LogP contribution in [0.1, 0.15) is 42.9 Å². The van der Waals surface area contributed by atoms with E-state index >= 15 is 0 Å². The maximum atomic E-state index is 5.05. The van der Waals surface area contributed by atoms with Crippen LogP contribution in [0.2, 0.25) is 0 Å². The molecule has 0 unspecified atom stereocenters. The molecule has 3 aliphatic heterocycles. The predicted molar refractivity (Wildman–Crippen MR) is 139 cm³/mol. The maximum absolute atomic E-state index is 5.05. The van der Waals surface area contributed by atoms with Crippen LogP contribution in [0.25, 0.3) is 22.4 Å². The van der Waals surface area contributed by atoms with Crippen molar-refractivity contribution in [3.63, 3.8) is 0 Å². The van der Waals surface area contributed by atoms with Crippen molar-refractivity contribution in [2.75, 3.05) is 36.5 Å². The van der Waals surface area contributed by atoms with E-state index in [2.05, 4.69) is 92.7 Å². The number of piperidine rings is 1. The van der Waals surface area contributed by atoms with Gasteiger partial charge in [0.25, 0.3) is 0 Å². The summed E-state index contributed by atoms with van der Waals surface area (Å²) in [7, 11) is 0. The zero-order chi connectivity index (χ0) is 22.5. The molecule has 0 amide bonds. The summed E-state index contributed by atoms with van der Waals surface area (Å²) < 4.78 is 2.22. The van der Waals surface area contributed by atoms with Gasteiger partial charge >= 0.3 is 0 Å². The first-order valence-corrected chi connectivity index (χ1v) is 12.8. The van der Waals surface area contributed by atoms with Gasteiger partial charge in [-0.25, -0.2) is 9.66 Å². The zero-order valence-electron chi connectivity index (χ0n) is 19.5. The molecular weight excluding hydrogens is 418 g/mol. The number of rotatable bonds is 3. The first-order valence-electron chi connectivity index (χ1n) is 12.8. The van der Waals surface area contributed by atoms with Crippen molar-refractivity contribution in [2.24, 2.45) is 0 Å². The fourth-order valence-corrected chi connectivity index (χ4v) is 6.22. The molecule has 5 nitrogen and oxygen atoms in total. The first-order chi connectivity index (χ1) is 16.8. The van der Waals surface area contributed by atoms with E-state index in [0.29, 0.717) is 0 Å². The summed E-state index contributed by atoms with van der Waals surface area (Å²) in [5, 5.41) is 0. The molecule has 4 aromatic rings. The van der Waals surface area contributed by atoms with Gasteiger partial charge in [0, 0.05) is 30.4 Å². The Kier molecular flexibility index (Phi) is 4.83. The summed E-state index contributed by atoms with van der Waals surface area (Å²) in [5.74, 6) is 1.00. The van der Waals surface area contributed by atoms with Crippen LogP contribution in [0, 0.1) is 0 Å². The molecule has 0 saturated carbocycles. The number of likely N-dealkylation sites (tertiary alicyclic amines) is 1. The SMILES string of the molecule is c1ccc([C@@H]2Nn3c(nc4ccc(N5CCC(N6CCCC6)CC5)cc43)-c3ccccc32)cc1. The van der Waals surface area contributed by atoms with Gasteiger partial charge < -0.3 is 15.2 Å². The molecule has 1 aromatic heterocycles. The number of anilines is 1. The molecule has 5 heteroatoms. The van der Waals surface area contributed by atoms with Crippen LogP contribution in [-0.4, -0.2) is 46.8 Å². The molecular formula is C29H31N5.